The second-order valence-corrected chi connectivity index (χ2v) is 4.69. The molecule has 2 aromatic rings. The molecule has 0 atom stereocenters. The first-order valence-corrected chi connectivity index (χ1v) is 6.46. The number of nitrogens with one attached hydrogen (secondary N) is 1. The van der Waals surface area contributed by atoms with E-state index >= 15 is 0 Å². The lowest BCUT2D eigenvalue weighted by atomic mass is 10.3. The largest absolute Gasteiger partial charge is 0.331 e. The van der Waals surface area contributed by atoms with Gasteiger partial charge in [0.25, 0.3) is 0 Å². The van der Waals surface area contributed by atoms with Crippen LogP contribution in [-0.4, -0.2) is 25.9 Å². The monoisotopic (exact) mass is 247 g/mol. The average Bonchev–Trinajstić information content (AvgIpc) is 2.98. The highest BCUT2D eigenvalue weighted by Gasteiger charge is 2.04. The molecule has 18 heavy (non-hydrogen) atoms. The normalized spacial score (nSPS) is 11.3. The Morgan fingerprint density at radius 1 is 1.39 bits per heavy atom. The number of hydrogen-bond acceptors (Lipinski definition) is 3. The van der Waals surface area contributed by atoms with Crippen LogP contribution in [0.1, 0.15) is 32.0 Å². The molecule has 2 heterocycles. The molecule has 0 amide bonds. The van der Waals surface area contributed by atoms with Crippen molar-refractivity contribution in [2.75, 3.05) is 6.54 Å². The summed E-state index contributed by atoms with van der Waals surface area (Å²) in [6.07, 6.45) is 8.71. The summed E-state index contributed by atoms with van der Waals surface area (Å²) in [5, 5.41) is 7.62. The van der Waals surface area contributed by atoms with Crippen LogP contribution in [0.25, 0.3) is 0 Å². The summed E-state index contributed by atoms with van der Waals surface area (Å²) in [6.45, 7) is 7.16. The quantitative estimate of drug-likeness (QED) is 0.759. The van der Waals surface area contributed by atoms with Gasteiger partial charge in [-0.3, -0.25) is 4.68 Å². The Hall–Kier alpha value is -1.62. The molecule has 0 spiro atoms. The first-order chi connectivity index (χ1) is 8.77. The maximum atomic E-state index is 4.19. The molecule has 0 saturated carbocycles. The molecule has 0 aromatic carbocycles. The Kier molecular flexibility index (Phi) is 4.52. The van der Waals surface area contributed by atoms with E-state index in [2.05, 4.69) is 33.8 Å². The van der Waals surface area contributed by atoms with Crippen LogP contribution in [0.3, 0.4) is 0 Å². The van der Waals surface area contributed by atoms with E-state index in [-0.39, 0.29) is 0 Å². The van der Waals surface area contributed by atoms with Gasteiger partial charge in [-0.1, -0.05) is 0 Å². The Balaban J connectivity index is 1.67. The van der Waals surface area contributed by atoms with E-state index in [1.807, 2.05) is 35.7 Å². The summed E-state index contributed by atoms with van der Waals surface area (Å²) in [7, 11) is 0. The topological polar surface area (TPSA) is 47.7 Å². The van der Waals surface area contributed by atoms with Crippen LogP contribution in [0.15, 0.2) is 31.0 Å². The molecule has 0 aliphatic carbocycles. The zero-order valence-electron chi connectivity index (χ0n) is 11.1. The second-order valence-electron chi connectivity index (χ2n) is 4.69. The zero-order chi connectivity index (χ0) is 12.8. The van der Waals surface area contributed by atoms with Crippen molar-refractivity contribution in [3.63, 3.8) is 0 Å². The van der Waals surface area contributed by atoms with Gasteiger partial charge in [-0.15, -0.1) is 0 Å². The van der Waals surface area contributed by atoms with E-state index < -0.39 is 0 Å². The van der Waals surface area contributed by atoms with Crippen LogP contribution in [0, 0.1) is 0 Å². The van der Waals surface area contributed by atoms with Crippen LogP contribution in [0.4, 0.5) is 0 Å². The van der Waals surface area contributed by atoms with Crippen LogP contribution in [0.2, 0.25) is 0 Å². The van der Waals surface area contributed by atoms with Crippen LogP contribution in [-0.2, 0) is 13.1 Å². The fourth-order valence-electron chi connectivity index (χ4n) is 1.95. The number of imidazole rings is 1. The molecule has 0 aliphatic heterocycles. The summed E-state index contributed by atoms with van der Waals surface area (Å²) in [4.78, 5) is 4.19. The van der Waals surface area contributed by atoms with Gasteiger partial charge in [0.05, 0.1) is 12.0 Å². The minimum absolute atomic E-state index is 0.466. The molecule has 5 nitrogen and oxygen atoms in total. The van der Waals surface area contributed by atoms with E-state index in [9.17, 15) is 0 Å². The molecular weight excluding hydrogens is 226 g/mol. The number of nitrogens with zero attached hydrogens (tertiary/aromatic N) is 4. The average molecular weight is 247 g/mol. The number of aryl methyl sites for hydroxylation is 1. The predicted octanol–water partition coefficient (Wildman–Crippen LogP) is 1.84. The number of rotatable bonds is 7. The van der Waals surface area contributed by atoms with Crippen molar-refractivity contribution in [2.24, 2.45) is 0 Å². The fraction of sp³-hybridized carbons (Fsp3) is 0.538. The van der Waals surface area contributed by atoms with E-state index in [1.165, 1.54) is 5.69 Å². The van der Waals surface area contributed by atoms with Crippen LogP contribution < -0.4 is 5.32 Å². The van der Waals surface area contributed by atoms with E-state index in [4.69, 9.17) is 0 Å². The van der Waals surface area contributed by atoms with Gasteiger partial charge in [-0.25, -0.2) is 4.98 Å². The Morgan fingerprint density at radius 3 is 3.00 bits per heavy atom. The highest BCUT2D eigenvalue weighted by molar-refractivity contribution is 4.99. The lowest BCUT2D eigenvalue weighted by Crippen LogP contribution is -2.19. The zero-order valence-corrected chi connectivity index (χ0v) is 11.1. The van der Waals surface area contributed by atoms with Gasteiger partial charge in [0.2, 0.25) is 0 Å². The van der Waals surface area contributed by atoms with Crippen molar-refractivity contribution >= 4 is 0 Å². The SMILES string of the molecule is CC(C)n1cncc1CNCCCn1cccn1. The van der Waals surface area contributed by atoms with Crippen molar-refractivity contribution < 1.29 is 0 Å². The summed E-state index contributed by atoms with van der Waals surface area (Å²) in [5.41, 5.74) is 1.24. The molecule has 0 fully saturated rings. The van der Waals surface area contributed by atoms with Crippen LogP contribution in [0.5, 0.6) is 0 Å². The Morgan fingerprint density at radius 2 is 2.28 bits per heavy atom. The lowest BCUT2D eigenvalue weighted by molar-refractivity contribution is 0.520. The molecule has 0 unspecified atom stereocenters. The van der Waals surface area contributed by atoms with Gasteiger partial charge in [-0.05, 0) is 32.9 Å². The third-order valence-corrected chi connectivity index (χ3v) is 2.91. The third kappa shape index (κ3) is 3.43. The molecule has 2 rings (SSSR count). The molecule has 0 radical (unpaired) electrons. The summed E-state index contributed by atoms with van der Waals surface area (Å²) in [5.74, 6) is 0. The molecule has 98 valence electrons. The Labute approximate surface area is 108 Å². The van der Waals surface area contributed by atoms with Gasteiger partial charge in [0, 0.05) is 37.7 Å². The first-order valence-electron chi connectivity index (χ1n) is 6.46. The van der Waals surface area contributed by atoms with Crippen molar-refractivity contribution in [1.82, 2.24) is 24.6 Å². The van der Waals surface area contributed by atoms with E-state index in [0.29, 0.717) is 6.04 Å². The van der Waals surface area contributed by atoms with Crippen molar-refractivity contribution in [3.8, 4) is 0 Å². The molecule has 2 aromatic heterocycles. The maximum Gasteiger partial charge on any atom is 0.0951 e. The number of hydrogen-bond donors (Lipinski definition) is 1. The van der Waals surface area contributed by atoms with Crippen molar-refractivity contribution in [2.45, 2.75) is 39.4 Å². The molecule has 0 bridgehead atoms. The van der Waals surface area contributed by atoms with Gasteiger partial charge in [-0.2, -0.15) is 5.10 Å². The van der Waals surface area contributed by atoms with Crippen LogP contribution >= 0.6 is 0 Å². The minimum Gasteiger partial charge on any atom is -0.331 e. The Bertz CT molecular complexity index is 444. The van der Waals surface area contributed by atoms with Gasteiger partial charge >= 0.3 is 0 Å². The lowest BCUT2D eigenvalue weighted by Gasteiger charge is -2.12. The smallest absolute Gasteiger partial charge is 0.0951 e. The highest BCUT2D eigenvalue weighted by atomic mass is 15.3. The molecular formula is C13H21N5. The first kappa shape index (κ1) is 12.8. The summed E-state index contributed by atoms with van der Waals surface area (Å²) < 4.78 is 4.15. The maximum absolute atomic E-state index is 4.19. The van der Waals surface area contributed by atoms with Gasteiger partial charge < -0.3 is 9.88 Å². The van der Waals surface area contributed by atoms with E-state index in [1.54, 1.807) is 0 Å². The summed E-state index contributed by atoms with van der Waals surface area (Å²) >= 11 is 0. The van der Waals surface area contributed by atoms with Crippen molar-refractivity contribution in [3.05, 3.63) is 36.7 Å². The number of aromatic nitrogens is 4. The summed E-state index contributed by atoms with van der Waals surface area (Å²) in [6, 6.07) is 2.42. The fourth-order valence-corrected chi connectivity index (χ4v) is 1.95. The van der Waals surface area contributed by atoms with Gasteiger partial charge in [0.15, 0.2) is 0 Å². The standard InChI is InChI=1S/C13H21N5/c1-12(2)18-11-15-10-13(18)9-14-5-3-7-17-8-4-6-16-17/h4,6,8,10-12,14H,3,5,7,9H2,1-2H3. The predicted molar refractivity (Wildman–Crippen MR) is 71.2 cm³/mol. The second kappa shape index (κ2) is 6.35. The van der Waals surface area contributed by atoms with E-state index in [0.717, 1.165) is 26.1 Å². The minimum atomic E-state index is 0.466. The van der Waals surface area contributed by atoms with Gasteiger partial charge in [0.1, 0.15) is 0 Å². The van der Waals surface area contributed by atoms with Crippen molar-refractivity contribution in [1.29, 1.82) is 0 Å². The molecule has 1 N–H and O–H groups in total. The highest BCUT2D eigenvalue weighted by Crippen LogP contribution is 2.08. The molecule has 0 saturated heterocycles. The molecule has 5 heteroatoms. The molecule has 0 aliphatic rings. The third-order valence-electron chi connectivity index (χ3n) is 2.91.